The summed E-state index contributed by atoms with van der Waals surface area (Å²) in [7, 11) is 0. The van der Waals surface area contributed by atoms with Crippen molar-refractivity contribution in [2.75, 3.05) is 6.61 Å². The average molecular weight is 803 g/mol. The van der Waals surface area contributed by atoms with Crippen molar-refractivity contribution in [3.63, 3.8) is 0 Å². The van der Waals surface area contributed by atoms with Crippen LogP contribution in [-0.4, -0.2) is 89.6 Å². The van der Waals surface area contributed by atoms with Gasteiger partial charge >= 0.3 is 29.8 Å². The van der Waals surface area contributed by atoms with Gasteiger partial charge in [0.15, 0.2) is 12.2 Å². The van der Waals surface area contributed by atoms with Crippen molar-refractivity contribution in [2.45, 2.75) is 177 Å². The Morgan fingerprint density at radius 1 is 0.702 bits per heavy atom. The topological polar surface area (TPSA) is 181 Å². The second-order valence-electron chi connectivity index (χ2n) is 20.3. The molecule has 0 bridgehead atoms. The molecular formula is C44H66O13. The minimum absolute atomic E-state index is 0.0137. The Balaban J connectivity index is 1.40. The summed E-state index contributed by atoms with van der Waals surface area (Å²) in [6.07, 6.45) is -0.174. The van der Waals surface area contributed by atoms with Crippen LogP contribution in [0, 0.1) is 50.2 Å². The molecule has 1 saturated heterocycles. The molecule has 0 aromatic heterocycles. The highest BCUT2D eigenvalue weighted by Gasteiger charge is 2.72. The lowest BCUT2D eigenvalue weighted by atomic mass is 9.33. The van der Waals surface area contributed by atoms with E-state index in [0.717, 1.165) is 52.9 Å². The predicted molar refractivity (Wildman–Crippen MR) is 204 cm³/mol. The number of carbonyl (C=O) groups is 5. The van der Waals surface area contributed by atoms with Gasteiger partial charge in [-0.3, -0.25) is 24.0 Å². The molecule has 4 saturated carbocycles. The van der Waals surface area contributed by atoms with Crippen molar-refractivity contribution in [3.8, 4) is 0 Å². The third kappa shape index (κ3) is 7.13. The molecular weight excluding hydrogens is 736 g/mol. The zero-order chi connectivity index (χ0) is 42.3. The van der Waals surface area contributed by atoms with Crippen LogP contribution in [0.4, 0.5) is 0 Å². The molecule has 1 aliphatic heterocycles. The SMILES string of the molecule is CC(=O)OC[C@@H]1OC(OC(=O)[C@]23CCC(C)(C)CC2C2=CCC4[C@@]5(C)CC[C@H](O)C(C)(C)C5CC[C@@]4(C)[C@]2(C)C[C@H]3O)[C@@H](OC(C)=O)[C@H](OC(C)=O)[C@H]1OC(C)=O. The normalized spacial score (nSPS) is 44.3. The predicted octanol–water partition coefficient (Wildman–Crippen LogP) is 5.75. The van der Waals surface area contributed by atoms with Crippen molar-refractivity contribution in [1.29, 1.82) is 0 Å². The standard InChI is InChI=1S/C44H66O13/c1-23(45)52-22-29-34(53-24(2)46)35(54-25(3)47)36(55-26(4)48)37(56-29)57-38(51)44-19-18-39(5,6)20-28(44)27-12-13-31-41(9)16-15-32(49)40(7,8)30(41)14-17-42(31,10)43(27,11)21-33(44)50/h12,28-37,49-50H,13-22H2,1-11H3/t28?,29-,30?,31?,32-,33+,34-,35+,36-,37?,41-,42+,43+,44+/m0/s1. The van der Waals surface area contributed by atoms with E-state index in [0.29, 0.717) is 37.5 Å². The van der Waals surface area contributed by atoms with Gasteiger partial charge in [0.05, 0.1) is 12.2 Å². The average Bonchev–Trinajstić information content (AvgIpc) is 3.08. The van der Waals surface area contributed by atoms with Crippen LogP contribution in [0.15, 0.2) is 11.6 Å². The fraction of sp³-hybridized carbons (Fsp3) is 0.841. The molecule has 1 heterocycles. The van der Waals surface area contributed by atoms with E-state index >= 15 is 4.79 Å². The summed E-state index contributed by atoms with van der Waals surface area (Å²) < 4.78 is 34.5. The Bertz CT molecular complexity index is 1670. The molecule has 0 aromatic rings. The monoisotopic (exact) mass is 802 g/mol. The third-order valence-electron chi connectivity index (χ3n) is 16.2. The maximum atomic E-state index is 15.2. The van der Waals surface area contributed by atoms with E-state index in [4.69, 9.17) is 28.4 Å². The molecule has 14 atom stereocenters. The van der Waals surface area contributed by atoms with Gasteiger partial charge in [-0.05, 0) is 103 Å². The summed E-state index contributed by atoms with van der Waals surface area (Å²) in [6, 6.07) is 0. The molecule has 5 fully saturated rings. The zero-order valence-electron chi connectivity index (χ0n) is 35.8. The third-order valence-corrected chi connectivity index (χ3v) is 16.2. The highest BCUT2D eigenvalue weighted by molar-refractivity contribution is 5.80. The number of aliphatic hydroxyl groups is 2. The minimum Gasteiger partial charge on any atom is -0.463 e. The summed E-state index contributed by atoms with van der Waals surface area (Å²) in [4.78, 5) is 64.4. The highest BCUT2D eigenvalue weighted by atomic mass is 16.7. The van der Waals surface area contributed by atoms with Gasteiger partial charge in [0, 0.05) is 27.7 Å². The van der Waals surface area contributed by atoms with Crippen molar-refractivity contribution < 1.29 is 62.6 Å². The van der Waals surface area contributed by atoms with Crippen molar-refractivity contribution in [3.05, 3.63) is 11.6 Å². The number of carbonyl (C=O) groups excluding carboxylic acids is 5. The fourth-order valence-electron chi connectivity index (χ4n) is 13.2. The number of aliphatic hydroxyl groups excluding tert-OH is 2. The van der Waals surface area contributed by atoms with E-state index in [1.165, 1.54) is 12.5 Å². The summed E-state index contributed by atoms with van der Waals surface area (Å²) in [5.41, 5.74) is -1.24. The first-order valence-corrected chi connectivity index (χ1v) is 20.9. The van der Waals surface area contributed by atoms with Gasteiger partial charge < -0.3 is 38.6 Å². The number of rotatable bonds is 7. The van der Waals surface area contributed by atoms with Crippen LogP contribution in [-0.2, 0) is 52.4 Å². The molecule has 320 valence electrons. The largest absolute Gasteiger partial charge is 0.463 e. The van der Waals surface area contributed by atoms with E-state index in [-0.39, 0.29) is 33.7 Å². The molecule has 6 aliphatic rings. The van der Waals surface area contributed by atoms with Crippen LogP contribution in [0.25, 0.3) is 0 Å². The van der Waals surface area contributed by atoms with Gasteiger partial charge in [-0.2, -0.15) is 0 Å². The van der Waals surface area contributed by atoms with Gasteiger partial charge in [-0.1, -0.05) is 60.1 Å². The number of allylic oxidation sites excluding steroid dienone is 2. The lowest BCUT2D eigenvalue weighted by Gasteiger charge is -2.71. The minimum atomic E-state index is -1.69. The molecule has 0 amide bonds. The van der Waals surface area contributed by atoms with E-state index in [2.05, 4.69) is 54.5 Å². The number of esters is 5. The summed E-state index contributed by atoms with van der Waals surface area (Å²) >= 11 is 0. The molecule has 5 aliphatic carbocycles. The molecule has 57 heavy (non-hydrogen) atoms. The first kappa shape index (κ1) is 43.5. The molecule has 0 spiro atoms. The molecule has 13 nitrogen and oxygen atoms in total. The van der Waals surface area contributed by atoms with Gasteiger partial charge in [-0.25, -0.2) is 0 Å². The quantitative estimate of drug-likeness (QED) is 0.181. The number of fused-ring (bicyclic) bond motifs is 7. The Labute approximate surface area is 337 Å². The lowest BCUT2D eigenvalue weighted by molar-refractivity contribution is -0.306. The van der Waals surface area contributed by atoms with Crippen molar-refractivity contribution >= 4 is 29.8 Å². The van der Waals surface area contributed by atoms with Crippen LogP contribution in [0.3, 0.4) is 0 Å². The summed E-state index contributed by atoms with van der Waals surface area (Å²) in [5.74, 6) is -3.49. The second kappa shape index (κ2) is 14.9. The lowest BCUT2D eigenvalue weighted by Crippen LogP contribution is -2.68. The zero-order valence-corrected chi connectivity index (χ0v) is 35.8. The molecule has 0 radical (unpaired) electrons. The Kier molecular flexibility index (Phi) is 11.4. The van der Waals surface area contributed by atoms with Gasteiger partial charge in [0.2, 0.25) is 12.4 Å². The Morgan fingerprint density at radius 3 is 1.93 bits per heavy atom. The highest BCUT2D eigenvalue weighted by Crippen LogP contribution is 2.76. The van der Waals surface area contributed by atoms with Crippen LogP contribution in [0.2, 0.25) is 0 Å². The van der Waals surface area contributed by atoms with E-state index in [9.17, 15) is 29.4 Å². The van der Waals surface area contributed by atoms with Crippen LogP contribution >= 0.6 is 0 Å². The van der Waals surface area contributed by atoms with Gasteiger partial charge in [-0.15, -0.1) is 0 Å². The van der Waals surface area contributed by atoms with E-state index < -0.39 is 84.1 Å². The fourth-order valence-corrected chi connectivity index (χ4v) is 13.2. The number of hydrogen-bond donors (Lipinski definition) is 2. The van der Waals surface area contributed by atoms with Crippen molar-refractivity contribution in [1.82, 2.24) is 0 Å². The second-order valence-corrected chi connectivity index (χ2v) is 20.3. The van der Waals surface area contributed by atoms with E-state index in [1.807, 2.05) is 0 Å². The summed E-state index contributed by atoms with van der Waals surface area (Å²) in [6.45, 7) is 20.0. The van der Waals surface area contributed by atoms with Crippen LogP contribution < -0.4 is 0 Å². The maximum absolute atomic E-state index is 15.2. The van der Waals surface area contributed by atoms with Crippen LogP contribution in [0.1, 0.15) is 134 Å². The van der Waals surface area contributed by atoms with Crippen molar-refractivity contribution in [2.24, 2.45) is 50.2 Å². The smallest absolute Gasteiger partial charge is 0.317 e. The molecule has 13 heteroatoms. The molecule has 0 aromatic carbocycles. The molecule has 6 rings (SSSR count). The number of hydrogen-bond acceptors (Lipinski definition) is 13. The maximum Gasteiger partial charge on any atom is 0.317 e. The Morgan fingerprint density at radius 2 is 1.32 bits per heavy atom. The number of ether oxygens (including phenoxy) is 6. The molecule has 4 unspecified atom stereocenters. The first-order valence-electron chi connectivity index (χ1n) is 20.9. The summed E-state index contributed by atoms with van der Waals surface area (Å²) in [5, 5.41) is 23.8. The van der Waals surface area contributed by atoms with E-state index in [1.54, 1.807) is 0 Å². The Hall–Kier alpha value is -3.03. The first-order chi connectivity index (χ1) is 26.3. The van der Waals surface area contributed by atoms with Gasteiger partial charge in [0.1, 0.15) is 18.1 Å². The molecule has 2 N–H and O–H groups in total. The van der Waals surface area contributed by atoms with Gasteiger partial charge in [0.25, 0.3) is 0 Å². The van der Waals surface area contributed by atoms with Crippen LogP contribution in [0.5, 0.6) is 0 Å².